The lowest BCUT2D eigenvalue weighted by Crippen LogP contribution is -1.88. The van der Waals surface area contributed by atoms with Crippen LogP contribution in [-0.2, 0) is 0 Å². The van der Waals surface area contributed by atoms with Crippen LogP contribution in [0.2, 0.25) is 0 Å². The van der Waals surface area contributed by atoms with Gasteiger partial charge in [-0.2, -0.15) is 0 Å². The van der Waals surface area contributed by atoms with Crippen LogP contribution in [0.4, 0.5) is 0 Å². The third kappa shape index (κ3) is 2.62. The van der Waals surface area contributed by atoms with Gasteiger partial charge in [-0.1, -0.05) is 42.5 Å². The van der Waals surface area contributed by atoms with E-state index in [0.717, 1.165) is 24.9 Å². The van der Waals surface area contributed by atoms with Gasteiger partial charge in [0.05, 0.1) is 8.04 Å². The highest BCUT2D eigenvalue weighted by Gasteiger charge is 2.08. The second-order valence-corrected chi connectivity index (χ2v) is 6.09. The molecule has 94 valence electrons. The number of benzene rings is 3. The summed E-state index contributed by atoms with van der Waals surface area (Å²) < 4.78 is 8.08. The van der Waals surface area contributed by atoms with Crippen LogP contribution in [0, 0.1) is 3.57 Å². The SMILES string of the molecule is Brc1c(Oc2ccccc2I)ccc2ccccc12. The van der Waals surface area contributed by atoms with Crippen LogP contribution in [0.15, 0.2) is 65.1 Å². The average Bonchev–Trinajstić information content (AvgIpc) is 2.44. The van der Waals surface area contributed by atoms with E-state index >= 15 is 0 Å². The average molecular weight is 425 g/mol. The Morgan fingerprint density at radius 2 is 1.53 bits per heavy atom. The fourth-order valence-corrected chi connectivity index (χ4v) is 3.01. The molecule has 0 aliphatic carbocycles. The molecule has 3 aromatic carbocycles. The zero-order valence-electron chi connectivity index (χ0n) is 9.94. The molecule has 0 saturated carbocycles. The van der Waals surface area contributed by atoms with Gasteiger partial charge in [-0.05, 0) is 67.5 Å². The van der Waals surface area contributed by atoms with Gasteiger partial charge in [-0.25, -0.2) is 0 Å². The number of fused-ring (bicyclic) bond motifs is 1. The molecule has 0 bridgehead atoms. The highest BCUT2D eigenvalue weighted by Crippen LogP contribution is 2.36. The zero-order valence-corrected chi connectivity index (χ0v) is 13.7. The molecule has 0 unspecified atom stereocenters. The van der Waals surface area contributed by atoms with Crippen LogP contribution in [0.5, 0.6) is 11.5 Å². The van der Waals surface area contributed by atoms with Crippen molar-refractivity contribution in [3.05, 3.63) is 68.7 Å². The molecule has 0 aliphatic heterocycles. The number of rotatable bonds is 2. The third-order valence-corrected chi connectivity index (χ3v) is 4.59. The quantitative estimate of drug-likeness (QED) is 0.458. The predicted molar refractivity (Wildman–Crippen MR) is 90.9 cm³/mol. The Morgan fingerprint density at radius 1 is 0.789 bits per heavy atom. The van der Waals surface area contributed by atoms with Crippen molar-refractivity contribution in [3.8, 4) is 11.5 Å². The van der Waals surface area contributed by atoms with E-state index in [2.05, 4.69) is 56.7 Å². The van der Waals surface area contributed by atoms with E-state index < -0.39 is 0 Å². The number of hydrogen-bond acceptors (Lipinski definition) is 1. The van der Waals surface area contributed by atoms with Gasteiger partial charge in [0.2, 0.25) is 0 Å². The largest absolute Gasteiger partial charge is 0.455 e. The van der Waals surface area contributed by atoms with Gasteiger partial charge >= 0.3 is 0 Å². The zero-order chi connectivity index (χ0) is 13.2. The van der Waals surface area contributed by atoms with Gasteiger partial charge in [0.15, 0.2) is 0 Å². The molecular formula is C16H10BrIO. The summed E-state index contributed by atoms with van der Waals surface area (Å²) in [4.78, 5) is 0. The minimum absolute atomic E-state index is 0.836. The van der Waals surface area contributed by atoms with Crippen LogP contribution in [0.3, 0.4) is 0 Å². The topological polar surface area (TPSA) is 9.23 Å². The molecule has 0 spiro atoms. The predicted octanol–water partition coefficient (Wildman–Crippen LogP) is 6.00. The maximum absolute atomic E-state index is 5.99. The Labute approximate surface area is 133 Å². The van der Waals surface area contributed by atoms with E-state index in [1.165, 1.54) is 5.39 Å². The number of para-hydroxylation sites is 1. The second-order valence-electron chi connectivity index (χ2n) is 4.13. The Bertz CT molecular complexity index is 740. The molecule has 3 aromatic rings. The Morgan fingerprint density at radius 3 is 2.37 bits per heavy atom. The van der Waals surface area contributed by atoms with E-state index in [0.29, 0.717) is 0 Å². The molecular weight excluding hydrogens is 415 g/mol. The summed E-state index contributed by atoms with van der Waals surface area (Å²) in [5.74, 6) is 1.71. The maximum Gasteiger partial charge on any atom is 0.142 e. The lowest BCUT2D eigenvalue weighted by Gasteiger charge is -2.11. The van der Waals surface area contributed by atoms with E-state index in [4.69, 9.17) is 4.74 Å². The van der Waals surface area contributed by atoms with E-state index in [9.17, 15) is 0 Å². The molecule has 1 nitrogen and oxygen atoms in total. The van der Waals surface area contributed by atoms with Crippen LogP contribution >= 0.6 is 38.5 Å². The first-order valence-corrected chi connectivity index (χ1v) is 7.72. The number of ether oxygens (including phenoxy) is 1. The van der Waals surface area contributed by atoms with Crippen molar-refractivity contribution in [3.63, 3.8) is 0 Å². The monoisotopic (exact) mass is 424 g/mol. The summed E-state index contributed by atoms with van der Waals surface area (Å²) in [7, 11) is 0. The molecule has 0 radical (unpaired) electrons. The lowest BCUT2D eigenvalue weighted by atomic mass is 10.1. The highest BCUT2D eigenvalue weighted by molar-refractivity contribution is 14.1. The minimum atomic E-state index is 0.836. The standard InChI is InChI=1S/C16H10BrIO/c17-16-12-6-2-1-5-11(12)9-10-15(16)19-14-8-4-3-7-13(14)18/h1-10H. The molecule has 0 fully saturated rings. The van der Waals surface area contributed by atoms with E-state index in [1.54, 1.807) is 0 Å². The van der Waals surface area contributed by atoms with Crippen molar-refractivity contribution in [2.75, 3.05) is 0 Å². The fourth-order valence-electron chi connectivity index (χ4n) is 1.94. The summed E-state index contributed by atoms with van der Waals surface area (Å²) in [6.07, 6.45) is 0. The summed E-state index contributed by atoms with van der Waals surface area (Å²) in [5, 5.41) is 2.36. The lowest BCUT2D eigenvalue weighted by molar-refractivity contribution is 0.477. The van der Waals surface area contributed by atoms with Gasteiger partial charge in [-0.3, -0.25) is 0 Å². The first-order chi connectivity index (χ1) is 9.25. The van der Waals surface area contributed by atoms with E-state index in [-0.39, 0.29) is 0 Å². The van der Waals surface area contributed by atoms with Gasteiger partial charge in [0, 0.05) is 0 Å². The molecule has 0 atom stereocenters. The van der Waals surface area contributed by atoms with Crippen molar-refractivity contribution < 1.29 is 4.74 Å². The second kappa shape index (κ2) is 5.51. The third-order valence-electron chi connectivity index (χ3n) is 2.88. The Balaban J connectivity index is 2.07. The smallest absolute Gasteiger partial charge is 0.142 e. The molecule has 19 heavy (non-hydrogen) atoms. The molecule has 0 N–H and O–H groups in total. The summed E-state index contributed by atoms with van der Waals surface area (Å²) in [6.45, 7) is 0. The van der Waals surface area contributed by atoms with Crippen LogP contribution in [-0.4, -0.2) is 0 Å². The highest BCUT2D eigenvalue weighted by atomic mass is 127. The van der Waals surface area contributed by atoms with Crippen LogP contribution in [0.1, 0.15) is 0 Å². The summed E-state index contributed by atoms with van der Waals surface area (Å²) >= 11 is 5.91. The van der Waals surface area contributed by atoms with Crippen molar-refractivity contribution >= 4 is 49.3 Å². The van der Waals surface area contributed by atoms with Gasteiger partial charge in [-0.15, -0.1) is 0 Å². The van der Waals surface area contributed by atoms with Gasteiger partial charge in [0.1, 0.15) is 11.5 Å². The molecule has 3 rings (SSSR count). The van der Waals surface area contributed by atoms with E-state index in [1.807, 2.05) is 42.5 Å². The Hall–Kier alpha value is -1.07. The molecule has 0 heterocycles. The number of hydrogen-bond donors (Lipinski definition) is 0. The van der Waals surface area contributed by atoms with Crippen molar-refractivity contribution in [1.82, 2.24) is 0 Å². The maximum atomic E-state index is 5.99. The van der Waals surface area contributed by atoms with Crippen molar-refractivity contribution in [2.24, 2.45) is 0 Å². The number of halogens is 2. The van der Waals surface area contributed by atoms with Gasteiger partial charge < -0.3 is 4.74 Å². The van der Waals surface area contributed by atoms with Crippen molar-refractivity contribution in [2.45, 2.75) is 0 Å². The van der Waals surface area contributed by atoms with Crippen LogP contribution in [0.25, 0.3) is 10.8 Å². The first kappa shape index (κ1) is 12.9. The molecule has 3 heteroatoms. The molecule has 0 saturated heterocycles. The Kier molecular flexibility index (Phi) is 3.75. The molecule has 0 aromatic heterocycles. The minimum Gasteiger partial charge on any atom is -0.455 e. The molecule has 0 aliphatic rings. The van der Waals surface area contributed by atoms with Crippen LogP contribution < -0.4 is 4.74 Å². The molecule has 0 amide bonds. The summed E-state index contributed by atoms with van der Waals surface area (Å²) in [6, 6.07) is 20.3. The summed E-state index contributed by atoms with van der Waals surface area (Å²) in [5.41, 5.74) is 0. The normalized spacial score (nSPS) is 10.6. The fraction of sp³-hybridized carbons (Fsp3) is 0. The van der Waals surface area contributed by atoms with Crippen molar-refractivity contribution in [1.29, 1.82) is 0 Å². The first-order valence-electron chi connectivity index (χ1n) is 5.85. The van der Waals surface area contributed by atoms with Gasteiger partial charge in [0.25, 0.3) is 0 Å².